The highest BCUT2D eigenvalue weighted by molar-refractivity contribution is 6.45. The van der Waals surface area contributed by atoms with Crippen molar-refractivity contribution in [1.29, 1.82) is 0 Å². The first-order chi connectivity index (χ1) is 13.0. The quantitative estimate of drug-likeness (QED) is 0.609. The van der Waals surface area contributed by atoms with Crippen molar-refractivity contribution in [3.05, 3.63) is 35.9 Å². The molecule has 2 aliphatic rings. The van der Waals surface area contributed by atoms with Gasteiger partial charge in [0.15, 0.2) is 0 Å². The molecule has 2 atom stereocenters. The van der Waals surface area contributed by atoms with Crippen molar-refractivity contribution in [2.75, 3.05) is 13.1 Å². The zero-order chi connectivity index (χ0) is 19.4. The Kier molecular flexibility index (Phi) is 5.88. The number of hydrogen-bond acceptors (Lipinski definition) is 4. The van der Waals surface area contributed by atoms with E-state index in [1.54, 1.807) is 0 Å². The standard InChI is InChI=1S/C20H25N3O4/c1-14-7-5-6-10-16(14)23-19(26)18(25)22(20(23)27)13-17(24)21-12-11-15-8-3-2-4-9-15/h2-4,8-9,14,16H,5-7,10-13H2,1H3,(H,21,24)/t14-,16+/m0/s1. The van der Waals surface area contributed by atoms with E-state index in [0.29, 0.717) is 19.4 Å². The van der Waals surface area contributed by atoms with Crippen LogP contribution in [0.2, 0.25) is 0 Å². The summed E-state index contributed by atoms with van der Waals surface area (Å²) in [5.41, 5.74) is 1.08. The number of carbonyl (C=O) groups is 4. The maximum Gasteiger partial charge on any atom is 0.334 e. The van der Waals surface area contributed by atoms with Gasteiger partial charge in [0, 0.05) is 12.6 Å². The third-order valence-corrected chi connectivity index (χ3v) is 5.36. The Hall–Kier alpha value is -2.70. The number of rotatable bonds is 6. The lowest BCUT2D eigenvalue weighted by Crippen LogP contribution is -2.47. The molecular weight excluding hydrogens is 346 g/mol. The minimum absolute atomic E-state index is 0.166. The van der Waals surface area contributed by atoms with Crippen LogP contribution in [0.15, 0.2) is 30.3 Å². The van der Waals surface area contributed by atoms with Gasteiger partial charge in [-0.2, -0.15) is 0 Å². The van der Waals surface area contributed by atoms with E-state index in [9.17, 15) is 19.2 Å². The molecule has 1 heterocycles. The fourth-order valence-electron chi connectivity index (χ4n) is 3.82. The molecule has 5 amide bonds. The van der Waals surface area contributed by atoms with Gasteiger partial charge in [-0.15, -0.1) is 0 Å². The summed E-state index contributed by atoms with van der Waals surface area (Å²) in [6.07, 6.45) is 4.29. The van der Waals surface area contributed by atoms with Crippen molar-refractivity contribution >= 4 is 23.8 Å². The highest BCUT2D eigenvalue weighted by Gasteiger charge is 2.49. The molecule has 1 aliphatic carbocycles. The van der Waals surface area contributed by atoms with Gasteiger partial charge in [-0.25, -0.2) is 9.69 Å². The van der Waals surface area contributed by atoms with Crippen molar-refractivity contribution in [2.45, 2.75) is 45.1 Å². The first-order valence-electron chi connectivity index (χ1n) is 9.48. The summed E-state index contributed by atoms with van der Waals surface area (Å²) < 4.78 is 0. The maximum atomic E-state index is 12.6. The summed E-state index contributed by atoms with van der Waals surface area (Å²) in [4.78, 5) is 51.2. The Morgan fingerprint density at radius 3 is 2.48 bits per heavy atom. The van der Waals surface area contributed by atoms with E-state index in [1.165, 1.54) is 0 Å². The van der Waals surface area contributed by atoms with Crippen LogP contribution in [0.4, 0.5) is 4.79 Å². The normalized spacial score (nSPS) is 23.1. The van der Waals surface area contributed by atoms with Gasteiger partial charge in [-0.1, -0.05) is 50.1 Å². The number of imide groups is 2. The molecule has 7 nitrogen and oxygen atoms in total. The lowest BCUT2D eigenvalue weighted by molar-refractivity contribution is -0.145. The first kappa shape index (κ1) is 19.1. The smallest absolute Gasteiger partial charge is 0.334 e. The monoisotopic (exact) mass is 371 g/mol. The van der Waals surface area contributed by atoms with Gasteiger partial charge < -0.3 is 5.32 Å². The fraction of sp³-hybridized carbons (Fsp3) is 0.500. The van der Waals surface area contributed by atoms with Gasteiger partial charge in [-0.05, 0) is 30.7 Å². The number of nitrogens with zero attached hydrogens (tertiary/aromatic N) is 2. The summed E-state index contributed by atoms with van der Waals surface area (Å²) in [5.74, 6) is -2.00. The van der Waals surface area contributed by atoms with Gasteiger partial charge in [0.1, 0.15) is 6.54 Å². The van der Waals surface area contributed by atoms with Gasteiger partial charge in [0.25, 0.3) is 0 Å². The van der Waals surface area contributed by atoms with Crippen molar-refractivity contribution in [3.8, 4) is 0 Å². The van der Waals surface area contributed by atoms with Crippen LogP contribution in [0.5, 0.6) is 0 Å². The Bertz CT molecular complexity index is 734. The Labute approximate surface area is 158 Å². The molecule has 27 heavy (non-hydrogen) atoms. The third kappa shape index (κ3) is 4.18. The second-order valence-electron chi connectivity index (χ2n) is 7.26. The second-order valence-corrected chi connectivity index (χ2v) is 7.26. The highest BCUT2D eigenvalue weighted by atomic mass is 16.2. The molecule has 1 aromatic rings. The van der Waals surface area contributed by atoms with Gasteiger partial charge >= 0.3 is 17.8 Å². The Balaban J connectivity index is 1.56. The fourth-order valence-corrected chi connectivity index (χ4v) is 3.82. The van der Waals surface area contributed by atoms with Crippen molar-refractivity contribution in [3.63, 3.8) is 0 Å². The largest absolute Gasteiger partial charge is 0.354 e. The van der Waals surface area contributed by atoms with Crippen LogP contribution in [0, 0.1) is 5.92 Å². The lowest BCUT2D eigenvalue weighted by atomic mass is 9.85. The summed E-state index contributed by atoms with van der Waals surface area (Å²) in [5, 5.41) is 2.70. The first-order valence-corrected chi connectivity index (χ1v) is 9.48. The van der Waals surface area contributed by atoms with E-state index in [4.69, 9.17) is 0 Å². The zero-order valence-corrected chi connectivity index (χ0v) is 15.5. The molecule has 0 aromatic heterocycles. The third-order valence-electron chi connectivity index (χ3n) is 5.36. The maximum absolute atomic E-state index is 12.6. The number of nitrogens with one attached hydrogen (secondary N) is 1. The molecule has 1 aliphatic heterocycles. The van der Waals surface area contributed by atoms with Crippen LogP contribution in [-0.4, -0.2) is 52.7 Å². The average Bonchev–Trinajstić information content (AvgIpc) is 2.87. The SMILES string of the molecule is C[C@H]1CCCC[C@H]1N1C(=O)C(=O)N(CC(=O)NCCc2ccccc2)C1=O. The van der Waals surface area contributed by atoms with Crippen molar-refractivity contribution in [2.24, 2.45) is 5.92 Å². The van der Waals surface area contributed by atoms with E-state index in [1.807, 2.05) is 37.3 Å². The van der Waals surface area contributed by atoms with Crippen LogP contribution < -0.4 is 5.32 Å². The molecule has 0 unspecified atom stereocenters. The van der Waals surface area contributed by atoms with Crippen LogP contribution in [0.1, 0.15) is 38.2 Å². The van der Waals surface area contributed by atoms with E-state index >= 15 is 0 Å². The molecule has 0 radical (unpaired) electrons. The van der Waals surface area contributed by atoms with E-state index in [-0.39, 0.29) is 12.0 Å². The lowest BCUT2D eigenvalue weighted by Gasteiger charge is -2.34. The van der Waals surface area contributed by atoms with Gasteiger partial charge in [-0.3, -0.25) is 19.3 Å². The topological polar surface area (TPSA) is 86.8 Å². The predicted octanol–water partition coefficient (Wildman–Crippen LogP) is 1.71. The molecule has 7 heteroatoms. The average molecular weight is 371 g/mol. The van der Waals surface area contributed by atoms with Gasteiger partial charge in [0.2, 0.25) is 5.91 Å². The number of amides is 5. The zero-order valence-electron chi connectivity index (χ0n) is 15.5. The summed E-state index contributed by atoms with van der Waals surface area (Å²) in [7, 11) is 0. The van der Waals surface area contributed by atoms with Crippen LogP contribution in [0.3, 0.4) is 0 Å². The molecule has 144 valence electrons. The minimum Gasteiger partial charge on any atom is -0.354 e. The molecule has 0 bridgehead atoms. The van der Waals surface area contributed by atoms with E-state index in [0.717, 1.165) is 34.6 Å². The Morgan fingerprint density at radius 1 is 1.07 bits per heavy atom. The number of urea groups is 1. The molecule has 1 saturated carbocycles. The minimum atomic E-state index is -0.906. The molecular formula is C20H25N3O4. The molecule has 1 aromatic carbocycles. The molecule has 1 N–H and O–H groups in total. The summed E-state index contributed by atoms with van der Waals surface area (Å²) >= 11 is 0. The number of benzene rings is 1. The van der Waals surface area contributed by atoms with Crippen molar-refractivity contribution < 1.29 is 19.2 Å². The van der Waals surface area contributed by atoms with Crippen LogP contribution in [-0.2, 0) is 20.8 Å². The molecule has 0 spiro atoms. The van der Waals surface area contributed by atoms with E-state index in [2.05, 4.69) is 5.32 Å². The molecule has 3 rings (SSSR count). The molecule has 1 saturated heterocycles. The molecule has 2 fully saturated rings. The summed E-state index contributed by atoms with van der Waals surface area (Å²) in [6, 6.07) is 8.76. The predicted molar refractivity (Wildman–Crippen MR) is 98.5 cm³/mol. The Morgan fingerprint density at radius 2 is 1.78 bits per heavy atom. The summed E-state index contributed by atoms with van der Waals surface area (Å²) in [6.45, 7) is 1.97. The number of carbonyl (C=O) groups excluding carboxylic acids is 4. The van der Waals surface area contributed by atoms with Crippen molar-refractivity contribution in [1.82, 2.24) is 15.1 Å². The van der Waals surface area contributed by atoms with Crippen LogP contribution in [0.25, 0.3) is 0 Å². The second kappa shape index (κ2) is 8.33. The van der Waals surface area contributed by atoms with Gasteiger partial charge in [0.05, 0.1) is 0 Å². The number of hydrogen-bond donors (Lipinski definition) is 1. The van der Waals surface area contributed by atoms with E-state index < -0.39 is 30.3 Å². The van der Waals surface area contributed by atoms with Crippen LogP contribution >= 0.6 is 0 Å². The highest BCUT2D eigenvalue weighted by Crippen LogP contribution is 2.31.